The molecule has 0 spiro atoms. The molecular weight excluding hydrogens is 638 g/mol. The molecule has 3 N–H and O–H groups in total. The second-order valence-corrected chi connectivity index (χ2v) is 12.8. The molecule has 4 rings (SSSR count). The van der Waals surface area contributed by atoms with E-state index in [1.54, 1.807) is 11.8 Å². The van der Waals surface area contributed by atoms with Crippen LogP contribution < -0.4 is 25.4 Å². The number of ether oxygens (including phenoxy) is 3. The monoisotopic (exact) mass is 669 g/mol. The van der Waals surface area contributed by atoms with Gasteiger partial charge in [-0.2, -0.15) is 0 Å². The Hall–Kier alpha value is -4.67. The Morgan fingerprint density at radius 3 is 2.33 bits per heavy atom. The maximum Gasteiger partial charge on any atom is 0.573 e. The van der Waals surface area contributed by atoms with Gasteiger partial charge in [0.1, 0.15) is 31.0 Å². The molecule has 0 saturated carbocycles. The number of aromatic nitrogens is 2. The quantitative estimate of drug-likeness (QED) is 0.271. The maximum atomic E-state index is 13.9. The number of alkyl halides is 4. The lowest BCUT2D eigenvalue weighted by Crippen LogP contribution is -2.47. The predicted octanol–water partition coefficient (Wildman–Crippen LogP) is 3.91. The zero-order valence-electron chi connectivity index (χ0n) is 24.7. The molecule has 1 aromatic carbocycles. The zero-order valence-corrected chi connectivity index (χ0v) is 25.5. The van der Waals surface area contributed by atoms with E-state index in [0.29, 0.717) is 11.4 Å². The maximum absolute atomic E-state index is 13.9. The fourth-order valence-corrected chi connectivity index (χ4v) is 5.69. The van der Waals surface area contributed by atoms with Crippen LogP contribution >= 0.6 is 0 Å². The predicted molar refractivity (Wildman–Crippen MR) is 156 cm³/mol. The number of primary amides is 1. The van der Waals surface area contributed by atoms with Gasteiger partial charge in [0.05, 0.1) is 40.5 Å². The van der Waals surface area contributed by atoms with Crippen LogP contribution in [-0.2, 0) is 20.1 Å². The van der Waals surface area contributed by atoms with Gasteiger partial charge in [-0.3, -0.25) is 4.79 Å². The second-order valence-electron chi connectivity index (χ2n) is 10.5. The van der Waals surface area contributed by atoms with Crippen LogP contribution in [0.3, 0.4) is 0 Å². The summed E-state index contributed by atoms with van der Waals surface area (Å²) >= 11 is 0. The largest absolute Gasteiger partial charge is 0.573 e. The first-order valence-electron chi connectivity index (χ1n) is 13.9. The lowest BCUT2D eigenvalue weighted by Gasteiger charge is -2.31. The molecule has 3 heterocycles. The number of carbonyl (C=O) groups excluding carboxylic acids is 2. The van der Waals surface area contributed by atoms with Crippen molar-refractivity contribution in [2.24, 2.45) is 5.73 Å². The highest BCUT2D eigenvalue weighted by Crippen LogP contribution is 2.29. The van der Waals surface area contributed by atoms with Crippen molar-refractivity contribution in [3.05, 3.63) is 72.1 Å². The molecule has 248 valence electrons. The summed E-state index contributed by atoms with van der Waals surface area (Å²) in [4.78, 5) is 34.5. The van der Waals surface area contributed by atoms with E-state index >= 15 is 0 Å². The molecular formula is C29H31F4N5O7S. The number of pyridine rings is 2. The fourth-order valence-electron chi connectivity index (χ4n) is 4.80. The summed E-state index contributed by atoms with van der Waals surface area (Å²) < 4.78 is 90.1. The summed E-state index contributed by atoms with van der Waals surface area (Å²) in [7, 11) is -3.47. The summed E-state index contributed by atoms with van der Waals surface area (Å²) in [5.41, 5.74) is 4.39. The van der Waals surface area contributed by atoms with Gasteiger partial charge in [-0.15, -0.1) is 13.2 Å². The number of nitrogens with zero attached hydrogens (tertiary/aromatic N) is 3. The number of carbonyl (C=O) groups is 2. The number of hydrogen-bond acceptors (Lipinski definition) is 10. The number of anilines is 1. The minimum atomic E-state index is -4.86. The third kappa shape index (κ3) is 8.52. The molecule has 0 unspecified atom stereocenters. The molecule has 0 radical (unpaired) electrons. The first kappa shape index (κ1) is 34.2. The standard InChI is InChI=1S/C29H31F4N5O7S/c1-3-46(41,42)23-8-5-19(6-9-23)28(2,17-43-27(34)40)37-26(39)18-4-10-24(35-14-18)38-16-22(12-20(38)13-30)44-25-11-7-21(15-36-25)45-29(31,32)33/h4-11,14-15,20,22H,3,12-13,16-17H2,1-2H3,(H2,34,40)(H,37,39)/t20-,22-,28+/m0/s1. The topological polar surface area (TPSA) is 163 Å². The van der Waals surface area contributed by atoms with E-state index in [2.05, 4.69) is 20.0 Å². The van der Waals surface area contributed by atoms with Gasteiger partial charge in [0, 0.05) is 18.7 Å². The lowest BCUT2D eigenvalue weighted by molar-refractivity contribution is -0.274. The third-order valence-corrected chi connectivity index (χ3v) is 8.96. The Morgan fingerprint density at radius 2 is 1.78 bits per heavy atom. The van der Waals surface area contributed by atoms with E-state index < -0.39 is 58.3 Å². The van der Waals surface area contributed by atoms with Crippen molar-refractivity contribution in [2.45, 2.75) is 49.2 Å². The lowest BCUT2D eigenvalue weighted by atomic mass is 9.92. The van der Waals surface area contributed by atoms with Gasteiger partial charge in [-0.1, -0.05) is 19.1 Å². The van der Waals surface area contributed by atoms with Crippen molar-refractivity contribution in [2.75, 3.05) is 30.5 Å². The van der Waals surface area contributed by atoms with Crippen molar-refractivity contribution in [1.82, 2.24) is 15.3 Å². The molecule has 3 atom stereocenters. The average Bonchev–Trinajstić information content (AvgIpc) is 3.43. The molecule has 0 aliphatic carbocycles. The number of sulfone groups is 1. The summed E-state index contributed by atoms with van der Waals surface area (Å²) in [6.07, 6.45) is -4.11. The summed E-state index contributed by atoms with van der Waals surface area (Å²) in [5, 5.41) is 2.78. The molecule has 2 amide bonds. The number of nitrogens with two attached hydrogens (primary N) is 1. The number of hydrogen-bond donors (Lipinski definition) is 2. The van der Waals surface area contributed by atoms with E-state index in [1.165, 1.54) is 55.6 Å². The van der Waals surface area contributed by atoms with Crippen LogP contribution in [0.1, 0.15) is 36.2 Å². The number of rotatable bonds is 12. The van der Waals surface area contributed by atoms with Crippen molar-refractivity contribution in [1.29, 1.82) is 0 Å². The van der Waals surface area contributed by atoms with Crippen LogP contribution in [0, 0.1) is 0 Å². The third-order valence-electron chi connectivity index (χ3n) is 7.21. The minimum absolute atomic E-state index is 0.0314. The molecule has 1 fully saturated rings. The smallest absolute Gasteiger partial charge is 0.472 e. The van der Waals surface area contributed by atoms with Gasteiger partial charge >= 0.3 is 12.5 Å². The van der Waals surface area contributed by atoms with Gasteiger partial charge in [0.15, 0.2) is 9.84 Å². The highest BCUT2D eigenvalue weighted by Gasteiger charge is 2.36. The van der Waals surface area contributed by atoms with Crippen molar-refractivity contribution in [3.8, 4) is 11.6 Å². The van der Waals surface area contributed by atoms with E-state index in [-0.39, 0.29) is 41.7 Å². The summed E-state index contributed by atoms with van der Waals surface area (Å²) in [6, 6.07) is 10.4. The summed E-state index contributed by atoms with van der Waals surface area (Å²) in [5.74, 6) is -0.832. The van der Waals surface area contributed by atoms with Gasteiger partial charge < -0.3 is 30.2 Å². The van der Waals surface area contributed by atoms with E-state index in [9.17, 15) is 35.6 Å². The highest BCUT2D eigenvalue weighted by molar-refractivity contribution is 7.91. The Balaban J connectivity index is 1.45. The molecule has 17 heteroatoms. The molecule has 0 bridgehead atoms. The van der Waals surface area contributed by atoms with Crippen LogP contribution in [0.15, 0.2) is 65.8 Å². The van der Waals surface area contributed by atoms with Gasteiger partial charge in [-0.25, -0.2) is 27.6 Å². The van der Waals surface area contributed by atoms with E-state index in [1.807, 2.05) is 0 Å². The van der Waals surface area contributed by atoms with Gasteiger partial charge in [0.25, 0.3) is 5.91 Å². The zero-order chi connectivity index (χ0) is 33.7. The number of nitrogens with one attached hydrogen (secondary N) is 1. The highest BCUT2D eigenvalue weighted by atomic mass is 32.2. The molecule has 1 aliphatic rings. The Morgan fingerprint density at radius 1 is 1.07 bits per heavy atom. The number of amides is 2. The molecule has 2 aromatic heterocycles. The average molecular weight is 670 g/mol. The van der Waals surface area contributed by atoms with Crippen molar-refractivity contribution < 1.29 is 49.8 Å². The molecule has 46 heavy (non-hydrogen) atoms. The molecule has 12 nitrogen and oxygen atoms in total. The van der Waals surface area contributed by atoms with Gasteiger partial charge in [0.2, 0.25) is 5.88 Å². The van der Waals surface area contributed by atoms with Crippen LogP contribution in [0.25, 0.3) is 0 Å². The molecule has 1 aliphatic heterocycles. The number of benzene rings is 1. The number of halogens is 4. The molecule has 3 aromatic rings. The van der Waals surface area contributed by atoms with Crippen LogP contribution in [-0.4, -0.2) is 74.5 Å². The SMILES string of the molecule is CCS(=O)(=O)c1ccc([C@@](C)(COC(N)=O)NC(=O)c2ccc(N3C[C@@H](Oc4ccc(OC(F)(F)F)cn4)C[C@H]3CF)nc2)cc1. The Bertz CT molecular complexity index is 1630. The van der Waals surface area contributed by atoms with E-state index in [0.717, 1.165) is 12.3 Å². The summed E-state index contributed by atoms with van der Waals surface area (Å²) in [6.45, 7) is 2.16. The first-order valence-corrected chi connectivity index (χ1v) is 15.5. The van der Waals surface area contributed by atoms with E-state index in [4.69, 9.17) is 15.2 Å². The normalized spacial score (nSPS) is 18.0. The van der Waals surface area contributed by atoms with Crippen LogP contribution in [0.2, 0.25) is 0 Å². The first-order chi connectivity index (χ1) is 21.6. The van der Waals surface area contributed by atoms with Gasteiger partial charge in [-0.05, 0) is 42.8 Å². The Kier molecular flexibility index (Phi) is 10.2. The van der Waals surface area contributed by atoms with Crippen LogP contribution in [0.5, 0.6) is 11.6 Å². The van der Waals surface area contributed by atoms with Crippen molar-refractivity contribution in [3.63, 3.8) is 0 Å². The second kappa shape index (κ2) is 13.8. The van der Waals surface area contributed by atoms with Crippen molar-refractivity contribution >= 4 is 27.7 Å². The minimum Gasteiger partial charge on any atom is -0.472 e. The fraction of sp³-hybridized carbons (Fsp3) is 0.379. The molecule has 1 saturated heterocycles. The Labute approximate surface area is 261 Å². The van der Waals surface area contributed by atoms with Crippen LogP contribution in [0.4, 0.5) is 28.2 Å².